The molecular formula is C16H12FNO2. The van der Waals surface area contributed by atoms with Crippen LogP contribution in [0.2, 0.25) is 0 Å². The Hall–Kier alpha value is -2.54. The number of nitriles is 1. The molecule has 0 heterocycles. The van der Waals surface area contributed by atoms with Gasteiger partial charge in [0.25, 0.3) is 0 Å². The molecule has 0 saturated heterocycles. The highest BCUT2D eigenvalue weighted by molar-refractivity contribution is 5.51. The second-order valence-electron chi connectivity index (χ2n) is 4.75. The van der Waals surface area contributed by atoms with Crippen molar-refractivity contribution in [3.05, 3.63) is 52.8 Å². The molecule has 0 aromatic heterocycles. The summed E-state index contributed by atoms with van der Waals surface area (Å²) in [7, 11) is 0. The molecule has 3 rings (SSSR count). The number of benzene rings is 2. The van der Waals surface area contributed by atoms with Gasteiger partial charge in [-0.1, -0.05) is 0 Å². The molecule has 2 aromatic carbocycles. The standard InChI is InChI=1S/C16H12FNO2/c17-14-6-7-15(13-3-1-2-12(13)14)20-16-8-11(19)5-4-10(16)9-18/h4-8,19H,1-3H2. The number of hydrogen-bond donors (Lipinski definition) is 1. The van der Waals surface area contributed by atoms with Gasteiger partial charge in [0.05, 0.1) is 5.56 Å². The number of nitrogens with zero attached hydrogens (tertiary/aromatic N) is 1. The van der Waals surface area contributed by atoms with Crippen molar-refractivity contribution < 1.29 is 14.2 Å². The topological polar surface area (TPSA) is 53.2 Å². The maximum atomic E-state index is 13.7. The molecule has 0 spiro atoms. The number of aromatic hydroxyl groups is 1. The van der Waals surface area contributed by atoms with Crippen molar-refractivity contribution in [1.29, 1.82) is 5.26 Å². The lowest BCUT2D eigenvalue weighted by Gasteiger charge is -2.12. The molecule has 0 fully saturated rings. The molecular weight excluding hydrogens is 257 g/mol. The van der Waals surface area contributed by atoms with Gasteiger partial charge in [-0.05, 0) is 49.1 Å². The average Bonchev–Trinajstić information content (AvgIpc) is 2.93. The summed E-state index contributed by atoms with van der Waals surface area (Å²) in [6, 6.07) is 9.29. The molecule has 0 bridgehead atoms. The van der Waals surface area contributed by atoms with Crippen molar-refractivity contribution in [1.82, 2.24) is 0 Å². The molecule has 3 nitrogen and oxygen atoms in total. The first-order valence-electron chi connectivity index (χ1n) is 6.40. The molecule has 1 N–H and O–H groups in total. The molecule has 0 aliphatic heterocycles. The third kappa shape index (κ3) is 2.08. The summed E-state index contributed by atoms with van der Waals surface area (Å²) in [5.74, 6) is 0.660. The minimum absolute atomic E-state index is 0.0257. The van der Waals surface area contributed by atoms with Crippen LogP contribution in [-0.4, -0.2) is 5.11 Å². The molecule has 0 amide bonds. The molecule has 0 atom stereocenters. The Labute approximate surface area is 115 Å². The zero-order chi connectivity index (χ0) is 14.1. The number of rotatable bonds is 2. The number of halogens is 1. The van der Waals surface area contributed by atoms with E-state index in [4.69, 9.17) is 10.00 Å². The van der Waals surface area contributed by atoms with E-state index in [-0.39, 0.29) is 17.3 Å². The summed E-state index contributed by atoms with van der Waals surface area (Å²) in [5.41, 5.74) is 1.89. The second-order valence-corrected chi connectivity index (χ2v) is 4.75. The first-order valence-corrected chi connectivity index (χ1v) is 6.40. The Morgan fingerprint density at radius 3 is 2.70 bits per heavy atom. The van der Waals surface area contributed by atoms with Gasteiger partial charge < -0.3 is 9.84 Å². The van der Waals surface area contributed by atoms with Crippen LogP contribution in [0.3, 0.4) is 0 Å². The van der Waals surface area contributed by atoms with Crippen LogP contribution >= 0.6 is 0 Å². The van der Waals surface area contributed by atoms with Crippen molar-refractivity contribution in [2.45, 2.75) is 19.3 Å². The summed E-state index contributed by atoms with van der Waals surface area (Å²) < 4.78 is 19.4. The Kier molecular flexibility index (Phi) is 3.03. The van der Waals surface area contributed by atoms with E-state index >= 15 is 0 Å². The molecule has 2 aromatic rings. The number of fused-ring (bicyclic) bond motifs is 1. The number of ether oxygens (including phenoxy) is 1. The van der Waals surface area contributed by atoms with E-state index < -0.39 is 0 Å². The van der Waals surface area contributed by atoms with E-state index in [9.17, 15) is 9.50 Å². The summed E-state index contributed by atoms with van der Waals surface area (Å²) in [6.07, 6.45) is 2.38. The monoisotopic (exact) mass is 269 g/mol. The smallest absolute Gasteiger partial charge is 0.148 e. The van der Waals surface area contributed by atoms with E-state index in [0.717, 1.165) is 18.4 Å². The molecule has 0 radical (unpaired) electrons. The summed E-state index contributed by atoms with van der Waals surface area (Å²) in [5, 5.41) is 18.6. The lowest BCUT2D eigenvalue weighted by molar-refractivity contribution is 0.451. The van der Waals surface area contributed by atoms with Crippen LogP contribution in [0, 0.1) is 17.1 Å². The van der Waals surface area contributed by atoms with Crippen molar-refractivity contribution in [3.8, 4) is 23.3 Å². The third-order valence-corrected chi connectivity index (χ3v) is 3.49. The van der Waals surface area contributed by atoms with Crippen molar-refractivity contribution in [3.63, 3.8) is 0 Å². The fraction of sp³-hybridized carbons (Fsp3) is 0.188. The molecule has 20 heavy (non-hydrogen) atoms. The van der Waals surface area contributed by atoms with Crippen LogP contribution < -0.4 is 4.74 Å². The predicted molar refractivity (Wildman–Crippen MR) is 71.3 cm³/mol. The molecule has 1 aliphatic carbocycles. The quantitative estimate of drug-likeness (QED) is 0.904. The molecule has 1 aliphatic rings. The highest BCUT2D eigenvalue weighted by Crippen LogP contribution is 2.36. The fourth-order valence-corrected chi connectivity index (χ4v) is 2.53. The minimum atomic E-state index is -0.207. The lowest BCUT2D eigenvalue weighted by Crippen LogP contribution is -1.95. The highest BCUT2D eigenvalue weighted by atomic mass is 19.1. The van der Waals surface area contributed by atoms with Gasteiger partial charge in [-0.2, -0.15) is 5.26 Å². The predicted octanol–water partition coefficient (Wildman–Crippen LogP) is 3.68. The lowest BCUT2D eigenvalue weighted by atomic mass is 10.1. The van der Waals surface area contributed by atoms with E-state index in [1.807, 2.05) is 6.07 Å². The van der Waals surface area contributed by atoms with Gasteiger partial charge in [0.2, 0.25) is 0 Å². The van der Waals surface area contributed by atoms with Crippen LogP contribution in [0.1, 0.15) is 23.1 Å². The second kappa shape index (κ2) is 4.86. The molecule has 100 valence electrons. The maximum absolute atomic E-state index is 13.7. The average molecular weight is 269 g/mol. The van der Waals surface area contributed by atoms with Gasteiger partial charge in [-0.15, -0.1) is 0 Å². The van der Waals surface area contributed by atoms with Gasteiger partial charge in [0, 0.05) is 11.6 Å². The maximum Gasteiger partial charge on any atom is 0.148 e. The van der Waals surface area contributed by atoms with Crippen molar-refractivity contribution >= 4 is 0 Å². The third-order valence-electron chi connectivity index (χ3n) is 3.49. The Morgan fingerprint density at radius 2 is 1.90 bits per heavy atom. The first kappa shape index (κ1) is 12.5. The highest BCUT2D eigenvalue weighted by Gasteiger charge is 2.20. The normalized spacial score (nSPS) is 12.8. The first-order chi connectivity index (χ1) is 9.69. The van der Waals surface area contributed by atoms with E-state index in [2.05, 4.69) is 0 Å². The van der Waals surface area contributed by atoms with E-state index in [1.165, 1.54) is 24.3 Å². The van der Waals surface area contributed by atoms with E-state index in [1.54, 1.807) is 6.07 Å². The van der Waals surface area contributed by atoms with Gasteiger partial charge in [-0.3, -0.25) is 0 Å². The van der Waals surface area contributed by atoms with E-state index in [0.29, 0.717) is 23.3 Å². The largest absolute Gasteiger partial charge is 0.508 e. The summed E-state index contributed by atoms with van der Waals surface area (Å²) in [4.78, 5) is 0. The van der Waals surface area contributed by atoms with Gasteiger partial charge in [0.15, 0.2) is 0 Å². The fourth-order valence-electron chi connectivity index (χ4n) is 2.53. The Balaban J connectivity index is 2.03. The van der Waals surface area contributed by atoms with Crippen LogP contribution in [0.25, 0.3) is 0 Å². The summed E-state index contributed by atoms with van der Waals surface area (Å²) in [6.45, 7) is 0. The van der Waals surface area contributed by atoms with Crippen LogP contribution in [-0.2, 0) is 12.8 Å². The zero-order valence-electron chi connectivity index (χ0n) is 10.7. The zero-order valence-corrected chi connectivity index (χ0v) is 10.7. The van der Waals surface area contributed by atoms with Crippen LogP contribution in [0.4, 0.5) is 4.39 Å². The van der Waals surface area contributed by atoms with Gasteiger partial charge >= 0.3 is 0 Å². The molecule has 4 heteroatoms. The number of hydrogen-bond acceptors (Lipinski definition) is 3. The molecule has 0 unspecified atom stereocenters. The number of phenols is 1. The Bertz CT molecular complexity index is 719. The van der Waals surface area contributed by atoms with Crippen molar-refractivity contribution in [2.75, 3.05) is 0 Å². The number of phenolic OH excluding ortho intramolecular Hbond substituents is 1. The minimum Gasteiger partial charge on any atom is -0.508 e. The Morgan fingerprint density at radius 1 is 1.10 bits per heavy atom. The van der Waals surface area contributed by atoms with Crippen molar-refractivity contribution in [2.24, 2.45) is 0 Å². The van der Waals surface area contributed by atoms with Gasteiger partial charge in [0.1, 0.15) is 29.1 Å². The van der Waals surface area contributed by atoms with Crippen LogP contribution in [0.15, 0.2) is 30.3 Å². The molecule has 0 saturated carbocycles. The SMILES string of the molecule is N#Cc1ccc(O)cc1Oc1ccc(F)c2c1CCC2. The van der Waals surface area contributed by atoms with Crippen LogP contribution in [0.5, 0.6) is 17.2 Å². The van der Waals surface area contributed by atoms with Gasteiger partial charge in [-0.25, -0.2) is 4.39 Å². The summed E-state index contributed by atoms with van der Waals surface area (Å²) >= 11 is 0.